The summed E-state index contributed by atoms with van der Waals surface area (Å²) in [4.78, 5) is 37.6. The van der Waals surface area contributed by atoms with Crippen LogP contribution in [0, 0.1) is 19.7 Å². The van der Waals surface area contributed by atoms with Gasteiger partial charge in [-0.1, -0.05) is 23.9 Å². The van der Waals surface area contributed by atoms with Crippen LogP contribution in [0.25, 0.3) is 0 Å². The van der Waals surface area contributed by atoms with Crippen LogP contribution in [0.5, 0.6) is 0 Å². The van der Waals surface area contributed by atoms with Crippen molar-refractivity contribution in [3.63, 3.8) is 0 Å². The zero-order valence-electron chi connectivity index (χ0n) is 20.0. The van der Waals surface area contributed by atoms with E-state index >= 15 is 0 Å². The predicted molar refractivity (Wildman–Crippen MR) is 136 cm³/mol. The third-order valence-corrected chi connectivity index (χ3v) is 6.97. The fourth-order valence-corrected chi connectivity index (χ4v) is 4.67. The van der Waals surface area contributed by atoms with Gasteiger partial charge in [-0.15, -0.1) is 0 Å². The fourth-order valence-electron chi connectivity index (χ4n) is 3.83. The lowest BCUT2D eigenvalue weighted by Gasteiger charge is -2.35. The summed E-state index contributed by atoms with van der Waals surface area (Å²) >= 11 is 1.55. The molecule has 0 bridgehead atoms. The molecule has 7 nitrogen and oxygen atoms in total. The van der Waals surface area contributed by atoms with Crippen molar-refractivity contribution in [1.29, 1.82) is 0 Å². The van der Waals surface area contributed by atoms with E-state index in [0.29, 0.717) is 35.2 Å². The van der Waals surface area contributed by atoms with Crippen LogP contribution in [-0.4, -0.2) is 52.9 Å². The molecule has 0 aliphatic carbocycles. The van der Waals surface area contributed by atoms with Crippen molar-refractivity contribution in [1.82, 2.24) is 14.9 Å². The molecule has 182 valence electrons. The molecule has 4 rings (SSSR count). The minimum Gasteiger partial charge on any atom is -0.353 e. The molecule has 0 spiro atoms. The van der Waals surface area contributed by atoms with E-state index in [-0.39, 0.29) is 17.6 Å². The third-order valence-electron chi connectivity index (χ3n) is 6.05. The minimum absolute atomic E-state index is 0.107. The Hall–Kier alpha value is -3.46. The van der Waals surface area contributed by atoms with Gasteiger partial charge in [-0.25, -0.2) is 14.4 Å². The second-order valence-electron chi connectivity index (χ2n) is 8.48. The molecular formula is C26H28FN5O2S. The lowest BCUT2D eigenvalue weighted by molar-refractivity contribution is -0.129. The lowest BCUT2D eigenvalue weighted by atomic mass is 10.1. The van der Waals surface area contributed by atoms with Gasteiger partial charge in [0.2, 0.25) is 5.91 Å². The van der Waals surface area contributed by atoms with E-state index in [4.69, 9.17) is 4.98 Å². The number of aromatic nitrogens is 2. The maximum absolute atomic E-state index is 13.0. The van der Waals surface area contributed by atoms with Gasteiger partial charge < -0.3 is 15.1 Å². The van der Waals surface area contributed by atoms with E-state index in [1.807, 2.05) is 30.9 Å². The number of thioether (sulfide) groups is 1. The van der Waals surface area contributed by atoms with E-state index < -0.39 is 0 Å². The first-order valence-corrected chi connectivity index (χ1v) is 12.4. The zero-order valence-corrected chi connectivity index (χ0v) is 20.9. The molecule has 1 N–H and O–H groups in total. The number of carbonyl (C=O) groups excluding carboxylic acids is 2. The van der Waals surface area contributed by atoms with Gasteiger partial charge in [-0.2, -0.15) is 0 Å². The van der Waals surface area contributed by atoms with Gasteiger partial charge in [0.15, 0.2) is 5.16 Å². The van der Waals surface area contributed by atoms with Crippen LogP contribution in [0.4, 0.5) is 15.9 Å². The monoisotopic (exact) mass is 493 g/mol. The Bertz CT molecular complexity index is 1210. The van der Waals surface area contributed by atoms with Crippen molar-refractivity contribution >= 4 is 35.1 Å². The van der Waals surface area contributed by atoms with Crippen LogP contribution >= 0.6 is 11.8 Å². The Balaban J connectivity index is 1.38. The lowest BCUT2D eigenvalue weighted by Crippen LogP contribution is -2.48. The number of anilines is 2. The Morgan fingerprint density at radius 3 is 2.26 bits per heavy atom. The highest BCUT2D eigenvalue weighted by molar-refractivity contribution is 7.98. The number of nitrogens with one attached hydrogen (secondary N) is 1. The molecule has 1 fully saturated rings. The molecule has 1 saturated heterocycles. The van der Waals surface area contributed by atoms with Gasteiger partial charge in [0.25, 0.3) is 5.91 Å². The number of hydrogen-bond acceptors (Lipinski definition) is 6. The topological polar surface area (TPSA) is 78.4 Å². The summed E-state index contributed by atoms with van der Waals surface area (Å²) in [6, 6.07) is 13.0. The summed E-state index contributed by atoms with van der Waals surface area (Å²) in [5.41, 5.74) is 4.12. The number of carbonyl (C=O) groups is 2. The maximum Gasteiger partial charge on any atom is 0.255 e. The number of nitrogens with zero attached hydrogens (tertiary/aromatic N) is 4. The summed E-state index contributed by atoms with van der Waals surface area (Å²) in [5.74, 6) is 1.11. The van der Waals surface area contributed by atoms with Gasteiger partial charge in [0.05, 0.1) is 0 Å². The molecule has 0 unspecified atom stereocenters. The molecule has 2 heterocycles. The van der Waals surface area contributed by atoms with Crippen LogP contribution in [0.3, 0.4) is 0 Å². The molecule has 3 aromatic rings. The first-order valence-electron chi connectivity index (χ1n) is 11.4. The van der Waals surface area contributed by atoms with E-state index in [9.17, 15) is 14.0 Å². The Morgan fingerprint density at radius 1 is 0.971 bits per heavy atom. The van der Waals surface area contributed by atoms with E-state index in [2.05, 4.69) is 15.2 Å². The van der Waals surface area contributed by atoms with E-state index in [1.54, 1.807) is 30.8 Å². The number of halogens is 1. The summed E-state index contributed by atoms with van der Waals surface area (Å²) in [7, 11) is 0. The fraction of sp³-hybridized carbons (Fsp3) is 0.308. The highest BCUT2D eigenvalue weighted by Gasteiger charge is 2.22. The van der Waals surface area contributed by atoms with Gasteiger partial charge in [0.1, 0.15) is 11.6 Å². The van der Waals surface area contributed by atoms with Crippen molar-refractivity contribution < 1.29 is 14.0 Å². The van der Waals surface area contributed by atoms with Crippen molar-refractivity contribution in [2.24, 2.45) is 0 Å². The average Bonchev–Trinajstić information content (AvgIpc) is 2.86. The first kappa shape index (κ1) is 24.7. The van der Waals surface area contributed by atoms with Crippen molar-refractivity contribution in [2.75, 3.05) is 36.4 Å². The summed E-state index contributed by atoms with van der Waals surface area (Å²) in [5, 5.41) is 3.47. The molecule has 1 aliphatic rings. The second kappa shape index (κ2) is 10.9. The SMILES string of the molecule is CC(=O)N1CCN(c2nc(SCc3ccc(C(=O)Nc4ccc(F)cc4)cc3)nc(C)c2C)CC1. The number of benzene rings is 2. The molecule has 2 amide bonds. The standard InChI is InChI=1S/C26H28FN5O2S/c1-17-18(2)28-26(30-24(17)32-14-12-31(13-15-32)19(3)33)35-16-20-4-6-21(7-5-20)25(34)29-23-10-8-22(27)9-11-23/h4-11H,12-16H2,1-3H3,(H,29,34). The summed E-state index contributed by atoms with van der Waals surface area (Å²) in [6.45, 7) is 8.53. The predicted octanol–water partition coefficient (Wildman–Crippen LogP) is 4.45. The van der Waals surface area contributed by atoms with Crippen molar-refractivity contribution in [3.05, 3.63) is 76.7 Å². The minimum atomic E-state index is -0.347. The number of hydrogen-bond donors (Lipinski definition) is 1. The maximum atomic E-state index is 13.0. The normalized spacial score (nSPS) is 13.6. The first-order chi connectivity index (χ1) is 16.8. The molecule has 1 aromatic heterocycles. The molecule has 2 aromatic carbocycles. The molecule has 0 radical (unpaired) electrons. The van der Waals surface area contributed by atoms with Gasteiger partial charge in [-0.05, 0) is 55.8 Å². The molecule has 35 heavy (non-hydrogen) atoms. The average molecular weight is 494 g/mol. The van der Waals surface area contributed by atoms with Crippen molar-refractivity contribution in [2.45, 2.75) is 31.7 Å². The van der Waals surface area contributed by atoms with Crippen LogP contribution in [0.1, 0.15) is 34.1 Å². The summed E-state index contributed by atoms with van der Waals surface area (Å²) in [6.07, 6.45) is 0. The smallest absolute Gasteiger partial charge is 0.255 e. The highest BCUT2D eigenvalue weighted by Crippen LogP contribution is 2.27. The molecular weight excluding hydrogens is 465 g/mol. The van der Waals surface area contributed by atoms with Crippen LogP contribution in [-0.2, 0) is 10.5 Å². The second-order valence-corrected chi connectivity index (χ2v) is 9.42. The van der Waals surface area contributed by atoms with Gasteiger partial charge in [0, 0.05) is 61.4 Å². The quantitative estimate of drug-likeness (QED) is 0.404. The zero-order chi connectivity index (χ0) is 24.9. The third kappa shape index (κ3) is 6.16. The Kier molecular flexibility index (Phi) is 7.65. The Morgan fingerprint density at radius 2 is 1.63 bits per heavy atom. The molecule has 0 saturated carbocycles. The van der Waals surface area contributed by atoms with E-state index in [0.717, 1.165) is 35.7 Å². The van der Waals surface area contributed by atoms with Gasteiger partial charge >= 0.3 is 0 Å². The van der Waals surface area contributed by atoms with Crippen LogP contribution in [0.2, 0.25) is 0 Å². The number of amides is 2. The number of aryl methyl sites for hydroxylation is 1. The van der Waals surface area contributed by atoms with Gasteiger partial charge in [-0.3, -0.25) is 9.59 Å². The molecule has 0 atom stereocenters. The largest absolute Gasteiger partial charge is 0.353 e. The molecule has 9 heteroatoms. The number of piperazine rings is 1. The van der Waals surface area contributed by atoms with E-state index in [1.165, 1.54) is 24.3 Å². The van der Waals surface area contributed by atoms with Crippen LogP contribution < -0.4 is 10.2 Å². The number of rotatable bonds is 6. The van der Waals surface area contributed by atoms with Crippen molar-refractivity contribution in [3.8, 4) is 0 Å². The summed E-state index contributed by atoms with van der Waals surface area (Å²) < 4.78 is 13.0. The van der Waals surface area contributed by atoms with Crippen LogP contribution in [0.15, 0.2) is 53.7 Å². The highest BCUT2D eigenvalue weighted by atomic mass is 32.2. The molecule has 1 aliphatic heterocycles. The Labute approximate surface area is 208 Å².